The molecule has 2 N–H and O–H groups in total. The summed E-state index contributed by atoms with van der Waals surface area (Å²) in [5.41, 5.74) is 0.987. The second-order valence-electron chi connectivity index (χ2n) is 8.78. The number of likely N-dealkylation sites (tertiary alicyclic amines) is 1. The Morgan fingerprint density at radius 1 is 1.19 bits per heavy atom. The second-order valence-corrected chi connectivity index (χ2v) is 8.78. The van der Waals surface area contributed by atoms with Crippen LogP contribution in [0.25, 0.3) is 0 Å². The zero-order chi connectivity index (χ0) is 22.2. The van der Waals surface area contributed by atoms with Crippen molar-refractivity contribution in [2.75, 3.05) is 67.0 Å². The molecule has 0 aliphatic carbocycles. The number of guanidine groups is 1. The van der Waals surface area contributed by atoms with E-state index in [9.17, 15) is 4.39 Å². The number of nitrogens with zero attached hydrogens (tertiary/aromatic N) is 4. The van der Waals surface area contributed by atoms with Gasteiger partial charge in [0.15, 0.2) is 17.5 Å². The van der Waals surface area contributed by atoms with E-state index in [-0.39, 0.29) is 5.82 Å². The fourth-order valence-corrected chi connectivity index (χ4v) is 4.31. The maximum absolute atomic E-state index is 14.0. The molecule has 31 heavy (non-hydrogen) atoms. The Bertz CT molecular complexity index is 722. The summed E-state index contributed by atoms with van der Waals surface area (Å²) >= 11 is 0. The van der Waals surface area contributed by atoms with Crippen LogP contribution in [0.3, 0.4) is 0 Å². The number of nitrogens with one attached hydrogen (secondary N) is 2. The molecule has 2 fully saturated rings. The SMILES string of the molecule is CCNC(=NCC1CN(C)CCN1C)NC1CCN(Cc2ccc(OC)c(F)c2)CC1. The number of piperazine rings is 1. The summed E-state index contributed by atoms with van der Waals surface area (Å²) in [4.78, 5) is 12.1. The Labute approximate surface area is 186 Å². The average molecular weight is 435 g/mol. The Hall–Kier alpha value is -1.90. The predicted molar refractivity (Wildman–Crippen MR) is 124 cm³/mol. The van der Waals surface area contributed by atoms with E-state index < -0.39 is 0 Å². The quantitative estimate of drug-likeness (QED) is 0.502. The first kappa shape index (κ1) is 23.8. The lowest BCUT2D eigenvalue weighted by molar-refractivity contribution is 0.119. The lowest BCUT2D eigenvalue weighted by atomic mass is 10.0. The largest absolute Gasteiger partial charge is 0.494 e. The number of rotatable bonds is 7. The molecule has 0 bridgehead atoms. The van der Waals surface area contributed by atoms with Gasteiger partial charge in [0, 0.05) is 57.9 Å². The van der Waals surface area contributed by atoms with Crippen LogP contribution in [0.1, 0.15) is 25.3 Å². The molecular weight excluding hydrogens is 395 g/mol. The Kier molecular flexibility index (Phi) is 8.92. The molecule has 1 atom stereocenters. The molecule has 1 aromatic carbocycles. The van der Waals surface area contributed by atoms with Crippen LogP contribution in [0.4, 0.5) is 4.39 Å². The van der Waals surface area contributed by atoms with E-state index in [4.69, 9.17) is 9.73 Å². The highest BCUT2D eigenvalue weighted by Crippen LogP contribution is 2.20. The van der Waals surface area contributed by atoms with Crippen LogP contribution in [0, 0.1) is 5.82 Å². The molecule has 1 aromatic rings. The molecule has 0 aromatic heterocycles. The molecule has 174 valence electrons. The lowest BCUT2D eigenvalue weighted by Gasteiger charge is -2.37. The topological polar surface area (TPSA) is 55.4 Å². The summed E-state index contributed by atoms with van der Waals surface area (Å²) in [6.07, 6.45) is 2.10. The highest BCUT2D eigenvalue weighted by Gasteiger charge is 2.23. The zero-order valence-corrected chi connectivity index (χ0v) is 19.5. The molecule has 0 spiro atoms. The molecular formula is C23H39FN6O. The van der Waals surface area contributed by atoms with Crippen LogP contribution in [-0.4, -0.2) is 99.8 Å². The summed E-state index contributed by atoms with van der Waals surface area (Å²) in [5.74, 6) is 0.922. The van der Waals surface area contributed by atoms with Gasteiger partial charge < -0.3 is 20.3 Å². The van der Waals surface area contributed by atoms with Crippen molar-refractivity contribution in [3.8, 4) is 5.75 Å². The zero-order valence-electron chi connectivity index (χ0n) is 19.5. The highest BCUT2D eigenvalue weighted by molar-refractivity contribution is 5.80. The highest BCUT2D eigenvalue weighted by atomic mass is 19.1. The Balaban J connectivity index is 1.47. The number of hydrogen-bond donors (Lipinski definition) is 2. The van der Waals surface area contributed by atoms with Gasteiger partial charge in [-0.15, -0.1) is 0 Å². The van der Waals surface area contributed by atoms with Crippen LogP contribution in [0.5, 0.6) is 5.75 Å². The van der Waals surface area contributed by atoms with Gasteiger partial charge in [-0.3, -0.25) is 14.8 Å². The third-order valence-electron chi connectivity index (χ3n) is 6.34. The van der Waals surface area contributed by atoms with Crippen LogP contribution in [0.2, 0.25) is 0 Å². The van der Waals surface area contributed by atoms with Crippen molar-refractivity contribution in [2.24, 2.45) is 4.99 Å². The number of ether oxygens (including phenoxy) is 1. The lowest BCUT2D eigenvalue weighted by Crippen LogP contribution is -2.52. The third-order valence-corrected chi connectivity index (χ3v) is 6.34. The van der Waals surface area contributed by atoms with Gasteiger partial charge in [0.2, 0.25) is 0 Å². The first-order chi connectivity index (χ1) is 15.0. The Morgan fingerprint density at radius 2 is 1.97 bits per heavy atom. The fraction of sp³-hybridized carbons (Fsp3) is 0.696. The molecule has 2 aliphatic heterocycles. The van der Waals surface area contributed by atoms with E-state index in [0.717, 1.165) is 76.7 Å². The predicted octanol–water partition coefficient (Wildman–Crippen LogP) is 1.60. The number of aliphatic imine (C=N–C) groups is 1. The molecule has 8 heteroatoms. The van der Waals surface area contributed by atoms with E-state index in [1.165, 1.54) is 7.11 Å². The molecule has 7 nitrogen and oxygen atoms in total. The normalized spacial score (nSPS) is 22.5. The van der Waals surface area contributed by atoms with Gasteiger partial charge in [-0.2, -0.15) is 0 Å². The van der Waals surface area contributed by atoms with Crippen LogP contribution in [-0.2, 0) is 6.54 Å². The van der Waals surface area contributed by atoms with Crippen molar-refractivity contribution >= 4 is 5.96 Å². The molecule has 2 heterocycles. The van der Waals surface area contributed by atoms with Gasteiger partial charge in [0.05, 0.1) is 13.7 Å². The van der Waals surface area contributed by atoms with Crippen LogP contribution >= 0.6 is 0 Å². The van der Waals surface area contributed by atoms with E-state index in [1.54, 1.807) is 12.1 Å². The smallest absolute Gasteiger partial charge is 0.191 e. The summed E-state index contributed by atoms with van der Waals surface area (Å²) in [7, 11) is 5.87. The minimum absolute atomic E-state index is 0.294. The van der Waals surface area contributed by atoms with Gasteiger partial charge in [0.1, 0.15) is 0 Å². The van der Waals surface area contributed by atoms with Crippen molar-refractivity contribution in [2.45, 2.75) is 38.4 Å². The summed E-state index contributed by atoms with van der Waals surface area (Å²) in [6.45, 7) is 9.78. The molecule has 3 rings (SSSR count). The molecule has 0 saturated carbocycles. The number of hydrogen-bond acceptors (Lipinski definition) is 5. The number of likely N-dealkylation sites (N-methyl/N-ethyl adjacent to an activating group) is 2. The monoisotopic (exact) mass is 434 g/mol. The van der Waals surface area contributed by atoms with Crippen molar-refractivity contribution in [3.63, 3.8) is 0 Å². The standard InChI is InChI=1S/C23H39FN6O/c1-5-25-23(26-15-20-17-28(2)12-13-29(20)3)27-19-8-10-30(11-9-19)16-18-6-7-22(31-4)21(24)14-18/h6-7,14,19-20H,5,8-13,15-17H2,1-4H3,(H2,25,26,27). The maximum Gasteiger partial charge on any atom is 0.191 e. The van der Waals surface area contributed by atoms with E-state index in [1.807, 2.05) is 6.07 Å². The van der Waals surface area contributed by atoms with Crippen molar-refractivity contribution in [1.29, 1.82) is 0 Å². The number of methoxy groups -OCH3 is 1. The van der Waals surface area contributed by atoms with Crippen molar-refractivity contribution in [1.82, 2.24) is 25.3 Å². The minimum Gasteiger partial charge on any atom is -0.494 e. The van der Waals surface area contributed by atoms with Crippen molar-refractivity contribution < 1.29 is 9.13 Å². The third kappa shape index (κ3) is 7.05. The molecule has 2 saturated heterocycles. The first-order valence-electron chi connectivity index (χ1n) is 11.5. The molecule has 1 unspecified atom stereocenters. The van der Waals surface area contributed by atoms with Gasteiger partial charge in [-0.05, 0) is 51.6 Å². The molecule has 0 radical (unpaired) electrons. The number of benzene rings is 1. The summed E-state index contributed by atoms with van der Waals surface area (Å²) in [5, 5.41) is 7.04. The van der Waals surface area contributed by atoms with Gasteiger partial charge >= 0.3 is 0 Å². The summed E-state index contributed by atoms with van der Waals surface area (Å²) < 4.78 is 19.0. The number of piperidine rings is 1. The van der Waals surface area contributed by atoms with E-state index in [2.05, 4.69) is 46.4 Å². The second kappa shape index (κ2) is 11.6. The van der Waals surface area contributed by atoms with E-state index in [0.29, 0.717) is 17.8 Å². The van der Waals surface area contributed by atoms with Crippen molar-refractivity contribution in [3.05, 3.63) is 29.6 Å². The van der Waals surface area contributed by atoms with Gasteiger partial charge in [-0.1, -0.05) is 6.07 Å². The fourth-order valence-electron chi connectivity index (χ4n) is 4.31. The Morgan fingerprint density at radius 3 is 2.65 bits per heavy atom. The summed E-state index contributed by atoms with van der Waals surface area (Å²) in [6, 6.07) is 6.11. The maximum atomic E-state index is 14.0. The number of halogens is 1. The van der Waals surface area contributed by atoms with Crippen LogP contribution < -0.4 is 15.4 Å². The first-order valence-corrected chi connectivity index (χ1v) is 11.5. The minimum atomic E-state index is -0.294. The average Bonchev–Trinajstić information content (AvgIpc) is 2.76. The molecule has 2 aliphatic rings. The van der Waals surface area contributed by atoms with Gasteiger partial charge in [0.25, 0.3) is 0 Å². The van der Waals surface area contributed by atoms with Gasteiger partial charge in [-0.25, -0.2) is 4.39 Å². The molecule has 0 amide bonds. The van der Waals surface area contributed by atoms with Crippen LogP contribution in [0.15, 0.2) is 23.2 Å². The van der Waals surface area contributed by atoms with E-state index >= 15 is 0 Å².